The van der Waals surface area contributed by atoms with Crippen molar-refractivity contribution in [2.45, 2.75) is 6.61 Å². The number of hydrogen-bond donors (Lipinski definition) is 0. The van der Waals surface area contributed by atoms with E-state index in [9.17, 15) is 9.59 Å². The van der Waals surface area contributed by atoms with Crippen LogP contribution in [-0.4, -0.2) is 11.1 Å². The molecule has 156 valence electrons. The first-order valence-corrected chi connectivity index (χ1v) is 11.8. The molecule has 0 aromatic heterocycles. The normalized spacial score (nSPS) is 15.1. The van der Waals surface area contributed by atoms with Crippen molar-refractivity contribution in [2.24, 2.45) is 0 Å². The zero-order valence-corrected chi connectivity index (χ0v) is 20.3. The second kappa shape index (κ2) is 9.65. The van der Waals surface area contributed by atoms with Crippen molar-refractivity contribution < 1.29 is 14.3 Å². The molecule has 1 fully saturated rings. The van der Waals surface area contributed by atoms with E-state index >= 15 is 0 Å². The second-order valence-corrected chi connectivity index (χ2v) is 9.63. The fourth-order valence-electron chi connectivity index (χ4n) is 2.96. The lowest BCUT2D eigenvalue weighted by molar-refractivity contribution is -0.113. The Balaban J connectivity index is 1.54. The van der Waals surface area contributed by atoms with Gasteiger partial charge in [-0.15, -0.1) is 0 Å². The number of carbonyl (C=O) groups is 2. The van der Waals surface area contributed by atoms with Gasteiger partial charge < -0.3 is 4.74 Å². The molecule has 0 unspecified atom stereocenters. The molecule has 1 aliphatic rings. The molecule has 0 aliphatic carbocycles. The van der Waals surface area contributed by atoms with Gasteiger partial charge in [0.05, 0.1) is 20.6 Å². The van der Waals surface area contributed by atoms with Crippen molar-refractivity contribution in [3.05, 3.63) is 96.4 Å². The molecule has 0 atom stereocenters. The highest BCUT2D eigenvalue weighted by atomic mass is 127. The Hall–Kier alpha value is -2.00. The van der Waals surface area contributed by atoms with Crippen LogP contribution >= 0.6 is 57.6 Å². The Kier molecular flexibility index (Phi) is 6.91. The van der Waals surface area contributed by atoms with Crippen LogP contribution in [0.3, 0.4) is 0 Å². The molecule has 3 aromatic carbocycles. The molecular formula is C23H14Cl2INO3S. The number of nitrogens with zero attached hydrogens (tertiary/aromatic N) is 1. The zero-order chi connectivity index (χ0) is 22.0. The van der Waals surface area contributed by atoms with Crippen LogP contribution in [0.15, 0.2) is 71.6 Å². The summed E-state index contributed by atoms with van der Waals surface area (Å²) in [6.07, 6.45) is 1.61. The highest BCUT2D eigenvalue weighted by molar-refractivity contribution is 14.1. The largest absolute Gasteiger partial charge is 0.486 e. The third-order valence-electron chi connectivity index (χ3n) is 4.42. The molecule has 4 rings (SSSR count). The summed E-state index contributed by atoms with van der Waals surface area (Å²) in [4.78, 5) is 26.6. The smallest absolute Gasteiger partial charge is 0.298 e. The van der Waals surface area contributed by atoms with Gasteiger partial charge >= 0.3 is 0 Å². The molecule has 1 saturated heterocycles. The van der Waals surface area contributed by atoms with Gasteiger partial charge in [-0.25, -0.2) is 4.90 Å². The molecule has 31 heavy (non-hydrogen) atoms. The molecule has 8 heteroatoms. The average molecular weight is 582 g/mol. The second-order valence-electron chi connectivity index (χ2n) is 6.58. The highest BCUT2D eigenvalue weighted by Crippen LogP contribution is 2.39. The molecule has 1 heterocycles. The van der Waals surface area contributed by atoms with Gasteiger partial charge in [0.2, 0.25) is 0 Å². The number of halogens is 3. The van der Waals surface area contributed by atoms with E-state index in [0.717, 1.165) is 25.8 Å². The minimum atomic E-state index is -0.382. The zero-order valence-electron chi connectivity index (χ0n) is 15.8. The van der Waals surface area contributed by atoms with E-state index in [-0.39, 0.29) is 11.1 Å². The first-order chi connectivity index (χ1) is 14.9. The Morgan fingerprint density at radius 3 is 2.26 bits per heavy atom. The molecule has 0 saturated carbocycles. The standard InChI is InChI=1S/C23H14Cl2INO3S/c24-18-10-15(11-19(25)21(18)30-13-14-6-8-16(26)9-7-14)12-20-22(28)27(23(29)31-20)17-4-2-1-3-5-17/h1-12H,13H2/b20-12-. The van der Waals surface area contributed by atoms with Crippen LogP contribution < -0.4 is 9.64 Å². The predicted molar refractivity (Wildman–Crippen MR) is 135 cm³/mol. The lowest BCUT2D eigenvalue weighted by Gasteiger charge is -2.12. The fourth-order valence-corrected chi connectivity index (χ4v) is 4.77. The third-order valence-corrected chi connectivity index (χ3v) is 6.57. The van der Waals surface area contributed by atoms with Gasteiger partial charge in [-0.05, 0) is 88.0 Å². The molecule has 3 aromatic rings. The number of rotatable bonds is 5. The number of carbonyl (C=O) groups excluding carboxylic acids is 2. The van der Waals surface area contributed by atoms with E-state index in [1.807, 2.05) is 30.3 Å². The van der Waals surface area contributed by atoms with Gasteiger partial charge in [-0.2, -0.15) is 0 Å². The first-order valence-electron chi connectivity index (χ1n) is 9.11. The maximum absolute atomic E-state index is 12.8. The summed E-state index contributed by atoms with van der Waals surface area (Å²) in [6.45, 7) is 0.325. The molecular weight excluding hydrogens is 568 g/mol. The molecule has 4 nitrogen and oxygen atoms in total. The minimum Gasteiger partial charge on any atom is -0.486 e. The lowest BCUT2D eigenvalue weighted by atomic mass is 10.2. The van der Waals surface area contributed by atoms with Gasteiger partial charge in [0, 0.05) is 3.57 Å². The van der Waals surface area contributed by atoms with Crippen LogP contribution in [0.5, 0.6) is 5.75 Å². The van der Waals surface area contributed by atoms with E-state index in [1.165, 1.54) is 0 Å². The van der Waals surface area contributed by atoms with Crippen molar-refractivity contribution in [3.8, 4) is 5.75 Å². The molecule has 0 bridgehead atoms. The van der Waals surface area contributed by atoms with E-state index < -0.39 is 0 Å². The summed E-state index contributed by atoms with van der Waals surface area (Å²) in [5.41, 5.74) is 2.13. The highest BCUT2D eigenvalue weighted by Gasteiger charge is 2.36. The summed E-state index contributed by atoms with van der Waals surface area (Å²) >= 11 is 15.9. The van der Waals surface area contributed by atoms with Crippen molar-refractivity contribution in [3.63, 3.8) is 0 Å². The summed E-state index contributed by atoms with van der Waals surface area (Å²) in [5, 5.41) is 0.301. The maximum atomic E-state index is 12.8. The number of ether oxygens (including phenoxy) is 1. The molecule has 1 aliphatic heterocycles. The van der Waals surface area contributed by atoms with Gasteiger partial charge in [0.15, 0.2) is 5.75 Å². The van der Waals surface area contributed by atoms with Crippen LogP contribution in [0.25, 0.3) is 6.08 Å². The number of hydrogen-bond acceptors (Lipinski definition) is 4. The molecule has 0 radical (unpaired) electrons. The fraction of sp³-hybridized carbons (Fsp3) is 0.0435. The molecule has 0 spiro atoms. The Morgan fingerprint density at radius 1 is 0.968 bits per heavy atom. The number of imide groups is 1. The van der Waals surface area contributed by atoms with Gasteiger partial charge in [-0.1, -0.05) is 53.5 Å². The number of amides is 2. The summed E-state index contributed by atoms with van der Waals surface area (Å²) < 4.78 is 6.95. The summed E-state index contributed by atoms with van der Waals surface area (Å²) in [7, 11) is 0. The Morgan fingerprint density at radius 2 is 1.61 bits per heavy atom. The van der Waals surface area contributed by atoms with Crippen LogP contribution in [0, 0.1) is 3.57 Å². The van der Waals surface area contributed by atoms with Crippen molar-refractivity contribution in [1.82, 2.24) is 0 Å². The topological polar surface area (TPSA) is 46.6 Å². The van der Waals surface area contributed by atoms with Crippen molar-refractivity contribution in [2.75, 3.05) is 4.90 Å². The SMILES string of the molecule is O=C1S/C(=C\c2cc(Cl)c(OCc3ccc(I)cc3)c(Cl)c2)C(=O)N1c1ccccc1. The predicted octanol–water partition coefficient (Wildman–Crippen LogP) is 7.42. The van der Waals surface area contributed by atoms with E-state index in [4.69, 9.17) is 27.9 Å². The van der Waals surface area contributed by atoms with E-state index in [0.29, 0.717) is 38.6 Å². The summed E-state index contributed by atoms with van der Waals surface area (Å²) in [5.74, 6) is -0.0103. The van der Waals surface area contributed by atoms with Crippen molar-refractivity contribution in [1.29, 1.82) is 0 Å². The van der Waals surface area contributed by atoms with E-state index in [1.54, 1.807) is 42.5 Å². The number of para-hydroxylation sites is 1. The average Bonchev–Trinajstić information content (AvgIpc) is 3.02. The number of thioether (sulfide) groups is 1. The van der Waals surface area contributed by atoms with Gasteiger partial charge in [0.1, 0.15) is 6.61 Å². The molecule has 0 N–H and O–H groups in total. The number of benzene rings is 3. The summed E-state index contributed by atoms with van der Waals surface area (Å²) in [6, 6.07) is 20.1. The quantitative estimate of drug-likeness (QED) is 0.232. The Bertz CT molecular complexity index is 1160. The Labute approximate surface area is 207 Å². The third kappa shape index (κ3) is 5.09. The first kappa shape index (κ1) is 22.2. The van der Waals surface area contributed by atoms with Crippen LogP contribution in [-0.2, 0) is 11.4 Å². The van der Waals surface area contributed by atoms with Crippen LogP contribution in [0.1, 0.15) is 11.1 Å². The lowest BCUT2D eigenvalue weighted by Crippen LogP contribution is -2.27. The molecule has 2 amide bonds. The van der Waals surface area contributed by atoms with Crippen LogP contribution in [0.4, 0.5) is 10.5 Å². The minimum absolute atomic E-state index is 0.300. The van der Waals surface area contributed by atoms with Crippen LogP contribution in [0.2, 0.25) is 10.0 Å². The van der Waals surface area contributed by atoms with Gasteiger partial charge in [0.25, 0.3) is 11.1 Å². The van der Waals surface area contributed by atoms with E-state index in [2.05, 4.69) is 22.6 Å². The maximum Gasteiger partial charge on any atom is 0.298 e. The monoisotopic (exact) mass is 581 g/mol. The van der Waals surface area contributed by atoms with Gasteiger partial charge in [-0.3, -0.25) is 9.59 Å². The number of anilines is 1. The van der Waals surface area contributed by atoms with Crippen molar-refractivity contribution >= 4 is 80.5 Å².